The van der Waals surface area contributed by atoms with Crippen LogP contribution < -0.4 is 21.9 Å². The van der Waals surface area contributed by atoms with Crippen molar-refractivity contribution in [3.05, 3.63) is 58.0 Å². The molecule has 0 saturated carbocycles. The highest BCUT2D eigenvalue weighted by Crippen LogP contribution is 2.25. The monoisotopic (exact) mass is 436 g/mol. The quantitative estimate of drug-likeness (QED) is 0.390. The Balaban J connectivity index is 1.87. The number of amidine groups is 1. The van der Waals surface area contributed by atoms with Gasteiger partial charge in [0.1, 0.15) is 11.4 Å². The summed E-state index contributed by atoms with van der Waals surface area (Å²) >= 11 is 0. The summed E-state index contributed by atoms with van der Waals surface area (Å²) in [5.74, 6) is -0.101. The summed E-state index contributed by atoms with van der Waals surface area (Å²) in [6, 6.07) is 12.0. The molecule has 8 nitrogen and oxygen atoms in total. The number of nitrogens with zero attached hydrogens (tertiary/aromatic N) is 2. The van der Waals surface area contributed by atoms with Crippen molar-refractivity contribution in [3.63, 3.8) is 0 Å². The van der Waals surface area contributed by atoms with Crippen molar-refractivity contribution in [2.75, 3.05) is 18.5 Å². The van der Waals surface area contributed by atoms with Crippen molar-refractivity contribution in [2.24, 2.45) is 16.6 Å². The minimum Gasteiger partial charge on any atom is -0.383 e. The number of hydrogen-bond donors (Lipinski definition) is 4. The summed E-state index contributed by atoms with van der Waals surface area (Å²) in [6.45, 7) is 9.44. The number of aliphatic imine (C=N–C) groups is 1. The lowest BCUT2D eigenvalue weighted by molar-refractivity contribution is 0.0699. The third-order valence-corrected chi connectivity index (χ3v) is 5.57. The zero-order valence-electron chi connectivity index (χ0n) is 19.1. The normalized spacial score (nSPS) is 19.6. The number of anilines is 1. The van der Waals surface area contributed by atoms with Crippen LogP contribution in [-0.2, 0) is 10.3 Å². The topological polar surface area (TPSA) is 128 Å². The number of aromatic nitrogens is 1. The zero-order valence-corrected chi connectivity index (χ0v) is 19.1. The van der Waals surface area contributed by atoms with Crippen molar-refractivity contribution >= 4 is 17.2 Å². The molecule has 0 bridgehead atoms. The number of aromatic amines is 1. The summed E-state index contributed by atoms with van der Waals surface area (Å²) in [5, 5.41) is 16.2. The third kappa shape index (κ3) is 5.55. The minimum atomic E-state index is -0.347. The molecule has 32 heavy (non-hydrogen) atoms. The predicted molar refractivity (Wildman–Crippen MR) is 127 cm³/mol. The van der Waals surface area contributed by atoms with Gasteiger partial charge in [-0.25, -0.2) is 4.99 Å². The van der Waals surface area contributed by atoms with E-state index >= 15 is 0 Å². The van der Waals surface area contributed by atoms with Gasteiger partial charge in [-0.3, -0.25) is 4.79 Å². The molecule has 1 fully saturated rings. The van der Waals surface area contributed by atoms with Crippen LogP contribution in [0.4, 0.5) is 11.4 Å². The van der Waals surface area contributed by atoms with E-state index in [0.717, 1.165) is 5.56 Å². The molecule has 0 radical (unpaired) electrons. The first kappa shape index (κ1) is 23.5. The number of pyridine rings is 1. The van der Waals surface area contributed by atoms with Crippen LogP contribution in [0.1, 0.15) is 45.2 Å². The lowest BCUT2D eigenvalue weighted by atomic mass is 9.93. The molecule has 1 aliphatic heterocycles. The summed E-state index contributed by atoms with van der Waals surface area (Å²) in [5.41, 5.74) is 8.30. The summed E-state index contributed by atoms with van der Waals surface area (Å²) in [6.07, 6.45) is 2.19. The number of H-pyrrole nitrogens is 1. The highest BCUT2D eigenvalue weighted by Gasteiger charge is 2.27. The van der Waals surface area contributed by atoms with Crippen LogP contribution >= 0.6 is 0 Å². The number of ether oxygens (including phenoxy) is 1. The van der Waals surface area contributed by atoms with Gasteiger partial charge in [0.05, 0.1) is 36.0 Å². The fraction of sp³-hybridized carbons (Fsp3) is 0.458. The summed E-state index contributed by atoms with van der Waals surface area (Å²) in [4.78, 5) is 19.7. The second-order valence-corrected chi connectivity index (χ2v) is 8.91. The van der Waals surface area contributed by atoms with E-state index in [0.29, 0.717) is 37.1 Å². The van der Waals surface area contributed by atoms with Gasteiger partial charge < -0.3 is 26.1 Å². The Kier molecular flexibility index (Phi) is 7.33. The van der Waals surface area contributed by atoms with Gasteiger partial charge in [0, 0.05) is 24.4 Å². The van der Waals surface area contributed by atoms with Crippen LogP contribution in [0.5, 0.6) is 0 Å². The smallest absolute Gasteiger partial charge is 0.261 e. The number of nitrogens with one attached hydrogen (secondary N) is 3. The lowest BCUT2D eigenvalue weighted by Gasteiger charge is -2.29. The Morgan fingerprint density at radius 1 is 1.31 bits per heavy atom. The highest BCUT2D eigenvalue weighted by molar-refractivity contribution is 6.03. The van der Waals surface area contributed by atoms with Crippen molar-refractivity contribution < 1.29 is 4.74 Å². The molecule has 1 unspecified atom stereocenters. The van der Waals surface area contributed by atoms with E-state index in [4.69, 9.17) is 10.5 Å². The maximum Gasteiger partial charge on any atom is 0.261 e. The average Bonchev–Trinajstić information content (AvgIpc) is 2.73. The summed E-state index contributed by atoms with van der Waals surface area (Å²) < 4.78 is 5.51. The molecule has 1 saturated heterocycles. The molecule has 0 aliphatic carbocycles. The Bertz CT molecular complexity index is 1050. The van der Waals surface area contributed by atoms with Crippen molar-refractivity contribution in [1.82, 2.24) is 10.3 Å². The molecule has 5 N–H and O–H groups in total. The first-order valence-electron chi connectivity index (χ1n) is 10.9. The average molecular weight is 437 g/mol. The molecule has 3 rings (SSSR count). The summed E-state index contributed by atoms with van der Waals surface area (Å²) in [7, 11) is 0. The van der Waals surface area contributed by atoms with Gasteiger partial charge in [-0.1, -0.05) is 26.0 Å². The Hall–Kier alpha value is -3.15. The Morgan fingerprint density at radius 2 is 2.03 bits per heavy atom. The largest absolute Gasteiger partial charge is 0.383 e. The van der Waals surface area contributed by atoms with Crippen LogP contribution in [0, 0.1) is 17.2 Å². The minimum absolute atomic E-state index is 0.104. The van der Waals surface area contributed by atoms with Crippen LogP contribution in [0.15, 0.2) is 46.3 Å². The van der Waals surface area contributed by atoms with Gasteiger partial charge in [-0.15, -0.1) is 0 Å². The molecular weight excluding hydrogens is 404 g/mol. The number of nitrogens with two attached hydrogens (primary N) is 1. The van der Waals surface area contributed by atoms with Crippen LogP contribution in [0.3, 0.4) is 0 Å². The maximum atomic E-state index is 12.6. The van der Waals surface area contributed by atoms with Crippen molar-refractivity contribution in [2.45, 2.75) is 51.7 Å². The van der Waals surface area contributed by atoms with Gasteiger partial charge in [-0.05, 0) is 44.0 Å². The molecule has 2 heterocycles. The molecule has 1 aliphatic rings. The molecule has 8 heteroatoms. The first-order chi connectivity index (χ1) is 15.2. The number of hydrogen-bond acceptors (Lipinski definition) is 6. The predicted octanol–water partition coefficient (Wildman–Crippen LogP) is 2.99. The van der Waals surface area contributed by atoms with E-state index in [9.17, 15) is 10.1 Å². The Labute approximate surface area is 188 Å². The van der Waals surface area contributed by atoms with E-state index in [2.05, 4.69) is 54.4 Å². The van der Waals surface area contributed by atoms with Crippen LogP contribution in [0.25, 0.3) is 0 Å². The van der Waals surface area contributed by atoms with E-state index in [1.165, 1.54) is 0 Å². The molecule has 2 atom stereocenters. The van der Waals surface area contributed by atoms with Gasteiger partial charge in [0.2, 0.25) is 0 Å². The van der Waals surface area contributed by atoms with Crippen molar-refractivity contribution in [3.8, 4) is 6.07 Å². The fourth-order valence-corrected chi connectivity index (χ4v) is 4.04. The molecule has 0 amide bonds. The van der Waals surface area contributed by atoms with E-state index in [1.807, 2.05) is 24.3 Å². The van der Waals surface area contributed by atoms with Crippen LogP contribution in [-0.4, -0.2) is 36.1 Å². The van der Waals surface area contributed by atoms with Gasteiger partial charge in [0.15, 0.2) is 0 Å². The lowest BCUT2D eigenvalue weighted by Crippen LogP contribution is -2.40. The molecule has 0 spiro atoms. The molecule has 1 aromatic heterocycles. The SMILES string of the molecule is CC(C)NC(C)(C)c1ccc(N=C(N)c2c(N[C@H]3COCCC3C#N)cc[nH]c2=O)cc1. The third-order valence-electron chi connectivity index (χ3n) is 5.57. The van der Waals surface area contributed by atoms with E-state index in [-0.39, 0.29) is 34.5 Å². The second-order valence-electron chi connectivity index (χ2n) is 8.91. The number of nitriles is 1. The van der Waals surface area contributed by atoms with E-state index < -0.39 is 0 Å². The molecule has 1 aromatic carbocycles. The van der Waals surface area contributed by atoms with Gasteiger partial charge in [0.25, 0.3) is 5.56 Å². The highest BCUT2D eigenvalue weighted by atomic mass is 16.5. The molecule has 170 valence electrons. The Morgan fingerprint density at radius 3 is 2.69 bits per heavy atom. The second kappa shape index (κ2) is 9.98. The van der Waals surface area contributed by atoms with Crippen molar-refractivity contribution in [1.29, 1.82) is 5.26 Å². The fourth-order valence-electron chi connectivity index (χ4n) is 4.04. The van der Waals surface area contributed by atoms with Gasteiger partial charge in [-0.2, -0.15) is 5.26 Å². The first-order valence-corrected chi connectivity index (χ1v) is 10.9. The van der Waals surface area contributed by atoms with Gasteiger partial charge >= 0.3 is 0 Å². The standard InChI is InChI=1S/C24H32N6O2/c1-15(2)30-24(3,4)17-5-7-18(8-6-17)28-22(26)21-19(9-11-27-23(21)31)29-20-14-32-12-10-16(20)13-25/h5-9,11,15-16,20,30H,10,12,14H2,1-4H3,(H2,26,28)(H2,27,29,31)/t16?,20-/m0/s1. The molecule has 2 aromatic rings. The number of rotatable bonds is 7. The molecular formula is C24H32N6O2. The van der Waals surface area contributed by atoms with E-state index in [1.54, 1.807) is 12.3 Å². The zero-order chi connectivity index (χ0) is 23.3. The number of benzene rings is 1. The van der Waals surface area contributed by atoms with Crippen LogP contribution in [0.2, 0.25) is 0 Å². The maximum absolute atomic E-state index is 12.6.